The van der Waals surface area contributed by atoms with Crippen molar-refractivity contribution in [1.82, 2.24) is 9.97 Å². The summed E-state index contributed by atoms with van der Waals surface area (Å²) in [4.78, 5) is 11.0. The molecular formula is C25H29N5O4S. The summed E-state index contributed by atoms with van der Waals surface area (Å²) >= 11 is 0. The number of aromatic nitrogens is 2. The van der Waals surface area contributed by atoms with Crippen molar-refractivity contribution in [2.45, 2.75) is 32.3 Å². The number of methoxy groups -OCH3 is 1. The fourth-order valence-corrected chi connectivity index (χ4v) is 4.90. The summed E-state index contributed by atoms with van der Waals surface area (Å²) in [7, 11) is -2.09. The summed E-state index contributed by atoms with van der Waals surface area (Å²) in [5.41, 5.74) is 3.91. The van der Waals surface area contributed by atoms with Gasteiger partial charge in [0.1, 0.15) is 11.8 Å². The number of fused-ring (bicyclic) bond motifs is 1. The Kier molecular flexibility index (Phi) is 7.38. The number of hydrogen-bond acceptors (Lipinski definition) is 8. The quantitative estimate of drug-likeness (QED) is 0.499. The average Bonchev–Trinajstić information content (AvgIpc) is 2.85. The number of anilines is 2. The molecule has 1 aliphatic heterocycles. The number of nitriles is 1. The zero-order chi connectivity index (χ0) is 25.0. The van der Waals surface area contributed by atoms with E-state index in [4.69, 9.17) is 9.47 Å². The first kappa shape index (κ1) is 24.7. The second-order valence-electron chi connectivity index (χ2n) is 8.60. The number of benzene rings is 1. The summed E-state index contributed by atoms with van der Waals surface area (Å²) in [6.45, 7) is 4.17. The van der Waals surface area contributed by atoms with Crippen LogP contribution >= 0.6 is 0 Å². The molecule has 0 saturated carbocycles. The Labute approximate surface area is 205 Å². The van der Waals surface area contributed by atoms with Gasteiger partial charge in [-0.3, -0.25) is 9.71 Å². The van der Waals surface area contributed by atoms with Crippen molar-refractivity contribution in [3.05, 3.63) is 42.2 Å². The number of unbranched alkanes of at least 4 members (excludes halogenated alkanes) is 1. The number of pyridine rings is 2. The molecule has 184 valence electrons. The van der Waals surface area contributed by atoms with Crippen molar-refractivity contribution in [2.75, 3.05) is 42.7 Å². The molecule has 1 fully saturated rings. The Morgan fingerprint density at radius 3 is 2.80 bits per heavy atom. The topological polar surface area (TPSA) is 117 Å². The molecular weight excluding hydrogens is 466 g/mol. The summed E-state index contributed by atoms with van der Waals surface area (Å²) in [6.07, 6.45) is 7.64. The highest BCUT2D eigenvalue weighted by Crippen LogP contribution is 2.35. The minimum Gasteiger partial charge on any atom is -0.480 e. The molecule has 1 atom stereocenters. The molecule has 10 heteroatoms. The van der Waals surface area contributed by atoms with E-state index in [1.807, 2.05) is 18.2 Å². The van der Waals surface area contributed by atoms with Gasteiger partial charge in [-0.1, -0.05) is 25.8 Å². The highest BCUT2D eigenvalue weighted by Gasteiger charge is 2.24. The smallest absolute Gasteiger partial charge is 0.238 e. The van der Waals surface area contributed by atoms with E-state index in [1.54, 1.807) is 18.5 Å². The number of nitrogens with one attached hydrogen (secondary N) is 1. The van der Waals surface area contributed by atoms with Crippen LogP contribution in [0.25, 0.3) is 22.0 Å². The maximum absolute atomic E-state index is 11.8. The van der Waals surface area contributed by atoms with Gasteiger partial charge in [0.05, 0.1) is 42.8 Å². The first-order valence-electron chi connectivity index (χ1n) is 11.5. The third-order valence-corrected chi connectivity index (χ3v) is 6.56. The highest BCUT2D eigenvalue weighted by molar-refractivity contribution is 7.92. The molecule has 2 aromatic heterocycles. The first-order valence-corrected chi connectivity index (χ1v) is 13.4. The molecule has 3 heterocycles. The third kappa shape index (κ3) is 5.63. The fraction of sp³-hybridized carbons (Fsp3) is 0.400. The van der Waals surface area contributed by atoms with Crippen molar-refractivity contribution < 1.29 is 17.9 Å². The Hall–Kier alpha value is -3.42. The Morgan fingerprint density at radius 2 is 2.09 bits per heavy atom. The summed E-state index contributed by atoms with van der Waals surface area (Å²) < 4.78 is 37.3. The lowest BCUT2D eigenvalue weighted by atomic mass is 10.0. The maximum atomic E-state index is 11.8. The van der Waals surface area contributed by atoms with Crippen LogP contribution in [0.2, 0.25) is 0 Å². The summed E-state index contributed by atoms with van der Waals surface area (Å²) in [5.74, 6) is 0.181. The SMILES string of the molecule is CCCCC1CN(c2c(C#N)cnc3ccc(-c4cnc(OC)c(NS(C)(=O)=O)c4)cc23)CCO1. The third-order valence-electron chi connectivity index (χ3n) is 5.97. The van der Waals surface area contributed by atoms with E-state index in [0.29, 0.717) is 30.8 Å². The van der Waals surface area contributed by atoms with Crippen LogP contribution in [-0.2, 0) is 14.8 Å². The lowest BCUT2D eigenvalue weighted by molar-refractivity contribution is 0.0340. The number of rotatable bonds is 8. The van der Waals surface area contributed by atoms with Crippen molar-refractivity contribution in [3.8, 4) is 23.1 Å². The molecule has 0 aliphatic carbocycles. The molecule has 4 rings (SSSR count). The molecule has 0 amide bonds. The first-order chi connectivity index (χ1) is 16.8. The molecule has 1 aromatic carbocycles. The van der Waals surface area contributed by atoms with Crippen LogP contribution in [0.3, 0.4) is 0 Å². The Morgan fingerprint density at radius 1 is 1.26 bits per heavy atom. The van der Waals surface area contributed by atoms with Crippen molar-refractivity contribution in [1.29, 1.82) is 5.26 Å². The van der Waals surface area contributed by atoms with Crippen molar-refractivity contribution in [2.24, 2.45) is 0 Å². The minimum atomic E-state index is -3.52. The van der Waals surface area contributed by atoms with Crippen LogP contribution in [0.5, 0.6) is 5.88 Å². The second kappa shape index (κ2) is 10.5. The average molecular weight is 496 g/mol. The van der Waals surface area contributed by atoms with E-state index in [1.165, 1.54) is 7.11 Å². The van der Waals surface area contributed by atoms with Crippen LogP contribution in [0.15, 0.2) is 36.7 Å². The van der Waals surface area contributed by atoms with Gasteiger partial charge in [-0.05, 0) is 30.2 Å². The number of hydrogen-bond donors (Lipinski definition) is 1. The van der Waals surface area contributed by atoms with E-state index in [-0.39, 0.29) is 17.7 Å². The molecule has 1 unspecified atom stereocenters. The van der Waals surface area contributed by atoms with Gasteiger partial charge >= 0.3 is 0 Å². The molecule has 35 heavy (non-hydrogen) atoms. The highest BCUT2D eigenvalue weighted by atomic mass is 32.2. The molecule has 3 aromatic rings. The molecule has 9 nitrogen and oxygen atoms in total. The Bertz CT molecular complexity index is 1370. The van der Waals surface area contributed by atoms with Crippen LogP contribution in [-0.4, -0.2) is 57.6 Å². The van der Waals surface area contributed by atoms with Crippen LogP contribution in [0.1, 0.15) is 31.7 Å². The van der Waals surface area contributed by atoms with Gasteiger partial charge in [0.15, 0.2) is 0 Å². The normalized spacial score (nSPS) is 16.2. The van der Waals surface area contributed by atoms with Crippen LogP contribution in [0, 0.1) is 11.3 Å². The molecule has 1 saturated heterocycles. The monoisotopic (exact) mass is 495 g/mol. The minimum absolute atomic E-state index is 0.122. The molecule has 0 spiro atoms. The van der Waals surface area contributed by atoms with Crippen molar-refractivity contribution in [3.63, 3.8) is 0 Å². The molecule has 0 radical (unpaired) electrons. The van der Waals surface area contributed by atoms with E-state index < -0.39 is 10.0 Å². The molecule has 0 bridgehead atoms. The predicted octanol–water partition coefficient (Wildman–Crippen LogP) is 3.94. The van der Waals surface area contributed by atoms with Gasteiger partial charge < -0.3 is 14.4 Å². The molecule has 1 aliphatic rings. The summed E-state index contributed by atoms with van der Waals surface area (Å²) in [5, 5.41) is 10.7. The number of morpholine rings is 1. The number of nitrogens with zero attached hydrogens (tertiary/aromatic N) is 4. The Balaban J connectivity index is 1.79. The lowest BCUT2D eigenvalue weighted by Gasteiger charge is -2.35. The standard InChI is InChI=1S/C25H29N5O4S/c1-4-5-6-20-16-30(9-10-34-20)24-19(13-26)15-27-22-8-7-17(11-21(22)24)18-12-23(29-35(3,31)32)25(33-2)28-14-18/h7-8,11-12,14-15,20,29H,4-6,9-10,16H2,1-3H3. The van der Waals surface area contributed by atoms with Gasteiger partial charge in [-0.2, -0.15) is 5.26 Å². The van der Waals surface area contributed by atoms with Crippen LogP contribution in [0.4, 0.5) is 11.4 Å². The predicted molar refractivity (Wildman–Crippen MR) is 136 cm³/mol. The zero-order valence-corrected chi connectivity index (χ0v) is 20.9. The van der Waals surface area contributed by atoms with Crippen molar-refractivity contribution >= 4 is 32.3 Å². The fourth-order valence-electron chi connectivity index (χ4n) is 4.36. The maximum Gasteiger partial charge on any atom is 0.238 e. The van der Waals surface area contributed by atoms with Gasteiger partial charge in [0.25, 0.3) is 0 Å². The number of sulfonamides is 1. The zero-order valence-electron chi connectivity index (χ0n) is 20.1. The summed E-state index contributed by atoms with van der Waals surface area (Å²) in [6, 6.07) is 9.77. The van der Waals surface area contributed by atoms with Gasteiger partial charge in [0, 0.05) is 36.4 Å². The lowest BCUT2D eigenvalue weighted by Crippen LogP contribution is -2.43. The molecule has 1 N–H and O–H groups in total. The van der Waals surface area contributed by atoms with Crippen LogP contribution < -0.4 is 14.4 Å². The van der Waals surface area contributed by atoms with Gasteiger partial charge in [-0.25, -0.2) is 13.4 Å². The number of ether oxygens (including phenoxy) is 2. The van der Waals surface area contributed by atoms with E-state index in [0.717, 1.165) is 47.7 Å². The van der Waals surface area contributed by atoms with E-state index in [9.17, 15) is 13.7 Å². The van der Waals surface area contributed by atoms with E-state index in [2.05, 4.69) is 32.6 Å². The largest absolute Gasteiger partial charge is 0.480 e. The van der Waals surface area contributed by atoms with Gasteiger partial charge in [0.2, 0.25) is 15.9 Å². The second-order valence-corrected chi connectivity index (χ2v) is 10.3. The van der Waals surface area contributed by atoms with Gasteiger partial charge in [-0.15, -0.1) is 0 Å². The van der Waals surface area contributed by atoms with E-state index >= 15 is 0 Å².